The van der Waals surface area contributed by atoms with Gasteiger partial charge in [-0.2, -0.15) is 0 Å². The molecule has 88 valence electrons. The third-order valence-electron chi connectivity index (χ3n) is 3.19. The van der Waals surface area contributed by atoms with Crippen molar-refractivity contribution in [1.29, 1.82) is 0 Å². The van der Waals surface area contributed by atoms with E-state index in [0.29, 0.717) is 12.6 Å². The number of carboxylic acids is 1. The molecule has 1 aliphatic carbocycles. The zero-order valence-electron chi connectivity index (χ0n) is 9.35. The van der Waals surface area contributed by atoms with Gasteiger partial charge in [0.25, 0.3) is 0 Å². The van der Waals surface area contributed by atoms with Crippen molar-refractivity contribution in [3.05, 3.63) is 0 Å². The van der Waals surface area contributed by atoms with Crippen LogP contribution in [0.25, 0.3) is 0 Å². The van der Waals surface area contributed by atoms with Gasteiger partial charge in [0.05, 0.1) is 13.0 Å². The maximum atomic E-state index is 10.6. The molecule has 0 aromatic rings. The van der Waals surface area contributed by atoms with Gasteiger partial charge in [-0.05, 0) is 19.8 Å². The number of aliphatic hydroxyl groups excluding tert-OH is 1. The molecule has 0 spiro atoms. The van der Waals surface area contributed by atoms with Crippen molar-refractivity contribution in [2.24, 2.45) is 0 Å². The fourth-order valence-electron chi connectivity index (χ4n) is 2.48. The quantitative estimate of drug-likeness (QED) is 0.696. The number of hydrogen-bond acceptors (Lipinski definition) is 3. The molecule has 1 unspecified atom stereocenters. The molecule has 0 aromatic heterocycles. The zero-order chi connectivity index (χ0) is 11.3. The smallest absolute Gasteiger partial charge is 0.304 e. The molecule has 0 heterocycles. The summed E-state index contributed by atoms with van der Waals surface area (Å²) in [5, 5.41) is 17.7. The largest absolute Gasteiger partial charge is 0.481 e. The number of aliphatic hydroxyl groups is 1. The van der Waals surface area contributed by atoms with Crippen LogP contribution in [0, 0.1) is 0 Å². The second kappa shape index (κ2) is 6.08. The third kappa shape index (κ3) is 3.80. The van der Waals surface area contributed by atoms with Crippen LogP contribution in [0.15, 0.2) is 0 Å². The van der Waals surface area contributed by atoms with E-state index in [2.05, 4.69) is 4.90 Å². The van der Waals surface area contributed by atoms with Crippen molar-refractivity contribution in [2.45, 2.75) is 51.1 Å². The van der Waals surface area contributed by atoms with Crippen LogP contribution < -0.4 is 0 Å². The number of carbonyl (C=O) groups is 1. The molecule has 1 rings (SSSR count). The van der Waals surface area contributed by atoms with Crippen molar-refractivity contribution in [2.75, 3.05) is 13.2 Å². The normalized spacial score (nSPS) is 19.7. The lowest BCUT2D eigenvalue weighted by atomic mass is 10.1. The highest BCUT2D eigenvalue weighted by atomic mass is 16.4. The lowest BCUT2D eigenvalue weighted by Crippen LogP contribution is -2.43. The topological polar surface area (TPSA) is 60.8 Å². The van der Waals surface area contributed by atoms with E-state index in [0.717, 1.165) is 12.8 Å². The van der Waals surface area contributed by atoms with Crippen LogP contribution in [0.3, 0.4) is 0 Å². The highest BCUT2D eigenvalue weighted by molar-refractivity contribution is 5.67. The summed E-state index contributed by atoms with van der Waals surface area (Å²) < 4.78 is 0. The van der Waals surface area contributed by atoms with E-state index in [-0.39, 0.29) is 19.1 Å². The Kier molecular flexibility index (Phi) is 5.05. The minimum Gasteiger partial charge on any atom is -0.481 e. The lowest BCUT2D eigenvalue weighted by Gasteiger charge is -2.33. The fourth-order valence-corrected chi connectivity index (χ4v) is 2.48. The van der Waals surface area contributed by atoms with E-state index >= 15 is 0 Å². The monoisotopic (exact) mass is 215 g/mol. The maximum Gasteiger partial charge on any atom is 0.304 e. The van der Waals surface area contributed by atoms with Gasteiger partial charge in [0.15, 0.2) is 0 Å². The third-order valence-corrected chi connectivity index (χ3v) is 3.19. The van der Waals surface area contributed by atoms with Gasteiger partial charge >= 0.3 is 5.97 Å². The van der Waals surface area contributed by atoms with Gasteiger partial charge in [0, 0.05) is 18.6 Å². The molecule has 1 saturated carbocycles. The summed E-state index contributed by atoms with van der Waals surface area (Å²) in [5.41, 5.74) is 0. The van der Waals surface area contributed by atoms with Crippen molar-refractivity contribution < 1.29 is 15.0 Å². The fraction of sp³-hybridized carbons (Fsp3) is 0.909. The van der Waals surface area contributed by atoms with Gasteiger partial charge < -0.3 is 10.2 Å². The van der Waals surface area contributed by atoms with Crippen molar-refractivity contribution in [3.63, 3.8) is 0 Å². The predicted octanol–water partition coefficient (Wildman–Crippen LogP) is 1.09. The SMILES string of the molecule is CC(CC(=O)O)N(CCO)C1CCCC1. The second-order valence-electron chi connectivity index (χ2n) is 4.35. The number of aliphatic carboxylic acids is 1. The minimum absolute atomic E-state index is 0.0257. The van der Waals surface area contributed by atoms with Gasteiger partial charge in [-0.25, -0.2) is 0 Å². The van der Waals surface area contributed by atoms with Gasteiger partial charge in [-0.3, -0.25) is 9.69 Å². The average Bonchev–Trinajstić information content (AvgIpc) is 2.65. The Morgan fingerprint density at radius 3 is 2.53 bits per heavy atom. The Labute approximate surface area is 90.9 Å². The van der Waals surface area contributed by atoms with Crippen LogP contribution in [-0.4, -0.2) is 46.3 Å². The summed E-state index contributed by atoms with van der Waals surface area (Å²) in [4.78, 5) is 12.8. The summed E-state index contributed by atoms with van der Waals surface area (Å²) in [5.74, 6) is -0.761. The summed E-state index contributed by atoms with van der Waals surface area (Å²) in [6.07, 6.45) is 4.91. The van der Waals surface area contributed by atoms with Crippen LogP contribution in [-0.2, 0) is 4.79 Å². The number of hydrogen-bond donors (Lipinski definition) is 2. The van der Waals surface area contributed by atoms with E-state index in [9.17, 15) is 4.79 Å². The highest BCUT2D eigenvalue weighted by Gasteiger charge is 2.26. The number of rotatable bonds is 6. The lowest BCUT2D eigenvalue weighted by molar-refractivity contribution is -0.138. The Bertz CT molecular complexity index is 202. The molecule has 0 radical (unpaired) electrons. The Morgan fingerprint density at radius 1 is 1.47 bits per heavy atom. The maximum absolute atomic E-state index is 10.6. The van der Waals surface area contributed by atoms with Crippen molar-refractivity contribution in [3.8, 4) is 0 Å². The first kappa shape index (κ1) is 12.5. The summed E-state index contributed by atoms with van der Waals surface area (Å²) in [6.45, 7) is 2.64. The van der Waals surface area contributed by atoms with Crippen LogP contribution in [0.1, 0.15) is 39.0 Å². The first-order valence-corrected chi connectivity index (χ1v) is 5.73. The molecule has 1 aliphatic rings. The van der Waals surface area contributed by atoms with Gasteiger partial charge in [-0.1, -0.05) is 12.8 Å². The Hall–Kier alpha value is -0.610. The second-order valence-corrected chi connectivity index (χ2v) is 4.35. The Morgan fingerprint density at radius 2 is 2.07 bits per heavy atom. The minimum atomic E-state index is -0.761. The van der Waals surface area contributed by atoms with Gasteiger partial charge in [0.2, 0.25) is 0 Å². The standard InChI is InChI=1S/C11H21NO3/c1-9(8-11(14)15)12(6-7-13)10-4-2-3-5-10/h9-10,13H,2-8H2,1H3,(H,14,15). The molecule has 0 aromatic carbocycles. The molecule has 1 fully saturated rings. The summed E-state index contributed by atoms with van der Waals surface area (Å²) in [7, 11) is 0. The molecule has 2 N–H and O–H groups in total. The van der Waals surface area contributed by atoms with Gasteiger partial charge in [-0.15, -0.1) is 0 Å². The molecule has 15 heavy (non-hydrogen) atoms. The molecule has 0 saturated heterocycles. The average molecular weight is 215 g/mol. The summed E-state index contributed by atoms with van der Waals surface area (Å²) >= 11 is 0. The predicted molar refractivity (Wildman–Crippen MR) is 57.8 cm³/mol. The van der Waals surface area contributed by atoms with E-state index in [1.807, 2.05) is 6.92 Å². The van der Waals surface area contributed by atoms with E-state index in [1.54, 1.807) is 0 Å². The molecular weight excluding hydrogens is 194 g/mol. The molecule has 0 amide bonds. The van der Waals surface area contributed by atoms with E-state index in [1.165, 1.54) is 12.8 Å². The molecular formula is C11H21NO3. The number of carboxylic acid groups (broad SMARTS) is 1. The van der Waals surface area contributed by atoms with Gasteiger partial charge in [0.1, 0.15) is 0 Å². The molecule has 1 atom stereocenters. The Balaban J connectivity index is 2.50. The van der Waals surface area contributed by atoms with Crippen LogP contribution in [0.5, 0.6) is 0 Å². The van der Waals surface area contributed by atoms with E-state index in [4.69, 9.17) is 10.2 Å². The highest BCUT2D eigenvalue weighted by Crippen LogP contribution is 2.25. The first-order chi connectivity index (χ1) is 7.15. The molecule has 0 bridgehead atoms. The van der Waals surface area contributed by atoms with Crippen LogP contribution in [0.4, 0.5) is 0 Å². The van der Waals surface area contributed by atoms with Crippen molar-refractivity contribution in [1.82, 2.24) is 4.90 Å². The van der Waals surface area contributed by atoms with Crippen LogP contribution in [0.2, 0.25) is 0 Å². The molecule has 0 aliphatic heterocycles. The van der Waals surface area contributed by atoms with E-state index < -0.39 is 5.97 Å². The molecule has 4 nitrogen and oxygen atoms in total. The van der Waals surface area contributed by atoms with Crippen LogP contribution >= 0.6 is 0 Å². The van der Waals surface area contributed by atoms with Crippen molar-refractivity contribution >= 4 is 5.97 Å². The summed E-state index contributed by atoms with van der Waals surface area (Å²) in [6, 6.07) is 0.504. The number of nitrogens with zero attached hydrogens (tertiary/aromatic N) is 1. The molecule has 4 heteroatoms. The zero-order valence-corrected chi connectivity index (χ0v) is 9.35. The first-order valence-electron chi connectivity index (χ1n) is 5.73.